The number of anilines is 1. The second-order valence-electron chi connectivity index (χ2n) is 8.61. The zero-order chi connectivity index (χ0) is 25.2. The van der Waals surface area contributed by atoms with Gasteiger partial charge in [-0.15, -0.1) is 0 Å². The number of nitrogens with one attached hydrogen (secondary N) is 1. The van der Waals surface area contributed by atoms with Crippen molar-refractivity contribution in [1.82, 2.24) is 8.87 Å². The number of aromatic nitrogens is 1. The number of amides is 1. The highest BCUT2D eigenvalue weighted by molar-refractivity contribution is 7.89. The van der Waals surface area contributed by atoms with Gasteiger partial charge in [0.05, 0.1) is 19.8 Å². The smallest absolute Gasteiger partial charge is 0.257 e. The molecule has 0 aliphatic carbocycles. The molecule has 0 spiro atoms. The van der Waals surface area contributed by atoms with Crippen LogP contribution in [0, 0.1) is 13.8 Å². The van der Waals surface area contributed by atoms with Crippen LogP contribution in [0.25, 0.3) is 5.69 Å². The Morgan fingerprint density at radius 2 is 1.69 bits per heavy atom. The number of aryl methyl sites for hydroxylation is 1. The molecular formula is C26H31N3O5S. The monoisotopic (exact) mass is 497 g/mol. The number of carbonyl (C=O) groups excluding carboxylic acids is 1. The van der Waals surface area contributed by atoms with Crippen LogP contribution in [0.15, 0.2) is 53.4 Å². The highest BCUT2D eigenvalue weighted by Gasteiger charge is 2.29. The van der Waals surface area contributed by atoms with E-state index in [4.69, 9.17) is 9.47 Å². The molecule has 0 saturated carbocycles. The third-order valence-corrected chi connectivity index (χ3v) is 8.26. The lowest BCUT2D eigenvalue weighted by Gasteiger charge is -2.26. The lowest BCUT2D eigenvalue weighted by molar-refractivity contribution is 0.102. The van der Waals surface area contributed by atoms with Gasteiger partial charge in [0, 0.05) is 41.9 Å². The van der Waals surface area contributed by atoms with Crippen LogP contribution in [-0.2, 0) is 10.0 Å². The fraction of sp³-hybridized carbons (Fsp3) is 0.346. The molecule has 1 N–H and O–H groups in total. The summed E-state index contributed by atoms with van der Waals surface area (Å²) in [5.41, 5.74) is 3.43. The molecule has 8 nitrogen and oxygen atoms in total. The molecule has 0 unspecified atom stereocenters. The minimum atomic E-state index is -3.74. The summed E-state index contributed by atoms with van der Waals surface area (Å²) in [7, 11) is -0.686. The molecule has 0 atom stereocenters. The number of hydrogen-bond donors (Lipinski definition) is 1. The van der Waals surface area contributed by atoms with E-state index >= 15 is 0 Å². The molecule has 35 heavy (non-hydrogen) atoms. The van der Waals surface area contributed by atoms with Gasteiger partial charge < -0.3 is 19.4 Å². The molecule has 186 valence electrons. The number of rotatable bonds is 7. The normalized spacial score (nSPS) is 14.5. The Morgan fingerprint density at radius 1 is 0.943 bits per heavy atom. The molecule has 0 radical (unpaired) electrons. The summed E-state index contributed by atoms with van der Waals surface area (Å²) in [5.74, 6) is 0.658. The van der Waals surface area contributed by atoms with Gasteiger partial charge in [0.2, 0.25) is 10.0 Å². The number of methoxy groups -OCH3 is 2. The topological polar surface area (TPSA) is 89.9 Å². The largest absolute Gasteiger partial charge is 0.497 e. The molecular weight excluding hydrogens is 466 g/mol. The lowest BCUT2D eigenvalue weighted by Crippen LogP contribution is -2.35. The Labute approximate surface area is 206 Å². The number of hydrogen-bond acceptors (Lipinski definition) is 5. The molecule has 2 aromatic carbocycles. The maximum atomic E-state index is 13.3. The van der Waals surface area contributed by atoms with E-state index in [9.17, 15) is 13.2 Å². The van der Waals surface area contributed by atoms with E-state index in [1.54, 1.807) is 19.2 Å². The van der Waals surface area contributed by atoms with Gasteiger partial charge in [-0.3, -0.25) is 4.79 Å². The minimum Gasteiger partial charge on any atom is -0.497 e. The van der Waals surface area contributed by atoms with Crippen LogP contribution < -0.4 is 14.8 Å². The average Bonchev–Trinajstić information content (AvgIpc) is 3.18. The van der Waals surface area contributed by atoms with Crippen LogP contribution in [0.2, 0.25) is 0 Å². The van der Waals surface area contributed by atoms with E-state index in [0.29, 0.717) is 24.3 Å². The Hall–Kier alpha value is -3.30. The first-order valence-electron chi connectivity index (χ1n) is 11.6. The Morgan fingerprint density at radius 3 is 2.37 bits per heavy atom. The van der Waals surface area contributed by atoms with E-state index in [0.717, 1.165) is 42.1 Å². The van der Waals surface area contributed by atoms with Gasteiger partial charge in [-0.2, -0.15) is 4.31 Å². The quantitative estimate of drug-likeness (QED) is 0.518. The van der Waals surface area contributed by atoms with Crippen molar-refractivity contribution in [3.8, 4) is 17.2 Å². The second kappa shape index (κ2) is 10.1. The third-order valence-electron chi connectivity index (χ3n) is 6.34. The van der Waals surface area contributed by atoms with E-state index in [2.05, 4.69) is 5.32 Å². The summed E-state index contributed by atoms with van der Waals surface area (Å²) in [4.78, 5) is 13.3. The highest BCUT2D eigenvalue weighted by atomic mass is 32.2. The van der Waals surface area contributed by atoms with Crippen molar-refractivity contribution < 1.29 is 22.7 Å². The lowest BCUT2D eigenvalue weighted by atomic mass is 10.2. The van der Waals surface area contributed by atoms with E-state index < -0.39 is 10.0 Å². The van der Waals surface area contributed by atoms with Gasteiger partial charge in [0.15, 0.2) is 0 Å². The standard InChI is InChI=1S/C26H31N3O5S/c1-18-15-23(19(2)29(18)21-9-8-10-22(17-21)33-3)26(30)27-20-11-12-24(34-4)25(16-20)35(31,32)28-13-6-5-7-14-28/h8-12,15-17H,5-7,13-14H2,1-4H3,(H,27,30). The SMILES string of the molecule is COc1cccc(-n2c(C)cc(C(=O)Nc3ccc(OC)c(S(=O)(=O)N4CCCCC4)c3)c2C)c1. The number of ether oxygens (including phenoxy) is 2. The third kappa shape index (κ3) is 4.92. The van der Waals surface area contributed by atoms with Gasteiger partial charge in [-0.05, 0) is 63.1 Å². The Balaban J connectivity index is 1.64. The predicted molar refractivity (Wildman–Crippen MR) is 135 cm³/mol. The van der Waals surface area contributed by atoms with Gasteiger partial charge in [-0.1, -0.05) is 12.5 Å². The number of nitrogens with zero attached hydrogens (tertiary/aromatic N) is 2. The van der Waals surface area contributed by atoms with Crippen molar-refractivity contribution in [2.75, 3.05) is 32.6 Å². The van der Waals surface area contributed by atoms with Crippen molar-refractivity contribution >= 4 is 21.6 Å². The fourth-order valence-electron chi connectivity index (χ4n) is 4.54. The van der Waals surface area contributed by atoms with Gasteiger partial charge in [0.1, 0.15) is 16.4 Å². The highest BCUT2D eigenvalue weighted by Crippen LogP contribution is 2.32. The summed E-state index contributed by atoms with van der Waals surface area (Å²) in [6, 6.07) is 14.1. The molecule has 1 aliphatic heterocycles. The zero-order valence-corrected chi connectivity index (χ0v) is 21.3. The molecule has 1 aliphatic rings. The number of sulfonamides is 1. The van der Waals surface area contributed by atoms with Crippen LogP contribution >= 0.6 is 0 Å². The molecule has 4 rings (SSSR count). The number of piperidine rings is 1. The van der Waals surface area contributed by atoms with Crippen LogP contribution in [-0.4, -0.2) is 50.5 Å². The summed E-state index contributed by atoms with van der Waals surface area (Å²) in [5, 5.41) is 2.86. The van der Waals surface area contributed by atoms with Gasteiger partial charge in [0.25, 0.3) is 5.91 Å². The first-order chi connectivity index (χ1) is 16.8. The molecule has 1 fully saturated rings. The Kier molecular flexibility index (Phi) is 7.18. The maximum Gasteiger partial charge on any atom is 0.257 e. The average molecular weight is 498 g/mol. The minimum absolute atomic E-state index is 0.0570. The van der Waals surface area contributed by atoms with Crippen LogP contribution in [0.4, 0.5) is 5.69 Å². The summed E-state index contributed by atoms with van der Waals surface area (Å²) in [6.07, 6.45) is 2.69. The molecule has 1 saturated heterocycles. The van der Waals surface area contributed by atoms with Crippen LogP contribution in [0.5, 0.6) is 11.5 Å². The first-order valence-corrected chi connectivity index (χ1v) is 13.0. The van der Waals surface area contributed by atoms with Gasteiger partial charge >= 0.3 is 0 Å². The fourth-order valence-corrected chi connectivity index (χ4v) is 6.24. The van der Waals surface area contributed by atoms with Crippen molar-refractivity contribution in [2.45, 2.75) is 38.0 Å². The van der Waals surface area contributed by atoms with E-state index in [1.807, 2.05) is 48.7 Å². The maximum absolute atomic E-state index is 13.3. The van der Waals surface area contributed by atoms with Crippen molar-refractivity contribution in [1.29, 1.82) is 0 Å². The van der Waals surface area contributed by atoms with E-state index in [1.165, 1.54) is 17.5 Å². The van der Waals surface area contributed by atoms with Crippen molar-refractivity contribution in [3.63, 3.8) is 0 Å². The second-order valence-corrected chi connectivity index (χ2v) is 10.5. The molecule has 0 bridgehead atoms. The summed E-state index contributed by atoms with van der Waals surface area (Å²) in [6.45, 7) is 4.78. The van der Waals surface area contributed by atoms with Crippen LogP contribution in [0.3, 0.4) is 0 Å². The molecule has 1 aromatic heterocycles. The molecule has 2 heterocycles. The molecule has 1 amide bonds. The first kappa shape index (κ1) is 24.8. The van der Waals surface area contributed by atoms with Crippen molar-refractivity contribution in [3.05, 3.63) is 65.5 Å². The van der Waals surface area contributed by atoms with Crippen molar-refractivity contribution in [2.24, 2.45) is 0 Å². The zero-order valence-electron chi connectivity index (χ0n) is 20.5. The number of benzene rings is 2. The Bertz CT molecular complexity index is 1340. The molecule has 9 heteroatoms. The summed E-state index contributed by atoms with van der Waals surface area (Å²) < 4.78 is 40.8. The number of carbonyl (C=O) groups is 1. The van der Waals surface area contributed by atoms with E-state index in [-0.39, 0.29) is 16.6 Å². The summed E-state index contributed by atoms with van der Waals surface area (Å²) >= 11 is 0. The molecule has 3 aromatic rings. The predicted octanol–water partition coefficient (Wildman–Crippen LogP) is 4.54. The van der Waals surface area contributed by atoms with Crippen LogP contribution in [0.1, 0.15) is 41.0 Å². The van der Waals surface area contributed by atoms with Gasteiger partial charge in [-0.25, -0.2) is 8.42 Å².